The van der Waals surface area contributed by atoms with Crippen LogP contribution < -0.4 is 5.11 Å². The minimum atomic E-state index is -0.631. The number of allylic oxidation sites excluding steroid dienone is 3. The van der Waals surface area contributed by atoms with Crippen molar-refractivity contribution in [1.29, 1.82) is 0 Å². The van der Waals surface area contributed by atoms with E-state index in [0.717, 1.165) is 39.1 Å². The van der Waals surface area contributed by atoms with Crippen molar-refractivity contribution in [2.75, 3.05) is 7.05 Å². The molecule has 7 nitrogen and oxygen atoms in total. The number of para-hydroxylation sites is 1. The third-order valence-electron chi connectivity index (χ3n) is 7.86. The summed E-state index contributed by atoms with van der Waals surface area (Å²) in [6.07, 6.45) is 1.66. The average Bonchev–Trinajstić information content (AvgIpc) is 3.30. The molecule has 0 spiro atoms. The molecule has 188 valence electrons. The summed E-state index contributed by atoms with van der Waals surface area (Å²) in [6, 6.07) is 22.3. The van der Waals surface area contributed by atoms with Crippen LogP contribution >= 0.6 is 0 Å². The number of aryl methyl sites for hydroxylation is 1. The number of aromatic nitrogens is 1. The fraction of sp³-hybridized carbons (Fsp3) is 0.161. The molecule has 7 heteroatoms. The number of carbonyl (C=O) groups excluding carboxylic acids is 1. The number of non-ortho nitro benzene ring substituents is 1. The van der Waals surface area contributed by atoms with Crippen molar-refractivity contribution in [2.45, 2.75) is 19.3 Å². The van der Waals surface area contributed by atoms with Gasteiger partial charge in [0, 0.05) is 64.5 Å². The van der Waals surface area contributed by atoms with Crippen LogP contribution in [0.15, 0.2) is 90.2 Å². The van der Waals surface area contributed by atoms with Crippen LogP contribution in [0.25, 0.3) is 27.7 Å². The van der Waals surface area contributed by atoms with Gasteiger partial charge >= 0.3 is 0 Å². The van der Waals surface area contributed by atoms with Crippen LogP contribution in [-0.4, -0.2) is 32.6 Å². The Bertz CT molecular complexity index is 1800. The predicted octanol–water partition coefficient (Wildman–Crippen LogP) is 5.04. The maximum absolute atomic E-state index is 13.7. The van der Waals surface area contributed by atoms with Gasteiger partial charge in [-0.2, -0.15) is 4.58 Å². The molecule has 38 heavy (non-hydrogen) atoms. The van der Waals surface area contributed by atoms with E-state index >= 15 is 0 Å². The summed E-state index contributed by atoms with van der Waals surface area (Å²) in [7, 11) is 3.80. The lowest BCUT2D eigenvalue weighted by Gasteiger charge is -2.31. The molecule has 0 amide bonds. The number of ketones is 1. The first-order valence-electron chi connectivity index (χ1n) is 12.3. The molecule has 2 heterocycles. The molecule has 3 aromatic carbocycles. The SMILES string of the molecule is Cn1c(-c2ccccc2)c(C2=C([O-])/C(=C\C3=[N+](C)c4ccc([N+](=O)[O-])cc4C3(C)C)C2=O)c2ccccc21. The summed E-state index contributed by atoms with van der Waals surface area (Å²) in [5.41, 5.74) is 5.39. The van der Waals surface area contributed by atoms with E-state index in [-0.39, 0.29) is 28.4 Å². The van der Waals surface area contributed by atoms with Crippen molar-refractivity contribution < 1.29 is 19.4 Å². The lowest BCUT2D eigenvalue weighted by atomic mass is 9.77. The van der Waals surface area contributed by atoms with Gasteiger partial charge in [-0.1, -0.05) is 54.3 Å². The number of carbonyl (C=O) groups is 1. The van der Waals surface area contributed by atoms with E-state index in [9.17, 15) is 20.0 Å². The van der Waals surface area contributed by atoms with Gasteiger partial charge in [0.2, 0.25) is 5.69 Å². The van der Waals surface area contributed by atoms with Crippen LogP contribution in [0.3, 0.4) is 0 Å². The van der Waals surface area contributed by atoms with E-state index in [2.05, 4.69) is 0 Å². The van der Waals surface area contributed by atoms with E-state index in [1.165, 1.54) is 6.07 Å². The molecule has 0 radical (unpaired) electrons. The zero-order chi connectivity index (χ0) is 26.9. The van der Waals surface area contributed by atoms with Gasteiger partial charge in [0.25, 0.3) is 5.69 Å². The average molecular weight is 504 g/mol. The first-order valence-corrected chi connectivity index (χ1v) is 12.3. The number of rotatable bonds is 4. The maximum Gasteiger partial charge on any atom is 0.270 e. The molecular weight excluding hydrogens is 478 g/mol. The van der Waals surface area contributed by atoms with E-state index in [4.69, 9.17) is 0 Å². The lowest BCUT2D eigenvalue weighted by molar-refractivity contribution is -0.402. The summed E-state index contributed by atoms with van der Waals surface area (Å²) >= 11 is 0. The van der Waals surface area contributed by atoms with Gasteiger partial charge < -0.3 is 9.67 Å². The number of benzene rings is 3. The number of nitro groups is 1. The first kappa shape index (κ1) is 23.6. The molecule has 6 rings (SSSR count). The van der Waals surface area contributed by atoms with Crippen LogP contribution in [0.1, 0.15) is 25.0 Å². The number of Topliss-reactive ketones (excluding diaryl/α,β-unsaturated/α-hetero) is 1. The number of hydrogen-bond acceptors (Lipinski definition) is 4. The third kappa shape index (κ3) is 3.14. The number of nitrogens with zero attached hydrogens (tertiary/aromatic N) is 3. The maximum atomic E-state index is 13.7. The van der Waals surface area contributed by atoms with Crippen molar-refractivity contribution in [3.63, 3.8) is 0 Å². The van der Waals surface area contributed by atoms with E-state index in [1.807, 2.05) is 91.7 Å². The molecule has 0 atom stereocenters. The molecular formula is C31H25N3O4. The molecule has 0 saturated heterocycles. The fourth-order valence-corrected chi connectivity index (χ4v) is 5.88. The molecule has 4 aromatic rings. The van der Waals surface area contributed by atoms with Gasteiger partial charge in [-0.25, -0.2) is 0 Å². The summed E-state index contributed by atoms with van der Waals surface area (Å²) < 4.78 is 3.93. The Balaban J connectivity index is 1.51. The molecule has 0 bridgehead atoms. The molecule has 1 aliphatic carbocycles. The van der Waals surface area contributed by atoms with E-state index in [0.29, 0.717) is 5.56 Å². The smallest absolute Gasteiger partial charge is 0.270 e. The van der Waals surface area contributed by atoms with Gasteiger partial charge in [-0.3, -0.25) is 14.9 Å². The van der Waals surface area contributed by atoms with E-state index < -0.39 is 10.3 Å². The van der Waals surface area contributed by atoms with Gasteiger partial charge in [0.15, 0.2) is 11.5 Å². The second kappa shape index (κ2) is 8.11. The van der Waals surface area contributed by atoms with Crippen molar-refractivity contribution in [3.05, 3.63) is 111 Å². The second-order valence-corrected chi connectivity index (χ2v) is 10.3. The van der Waals surface area contributed by atoms with Gasteiger partial charge in [-0.15, -0.1) is 0 Å². The van der Waals surface area contributed by atoms with Crippen LogP contribution in [0.5, 0.6) is 0 Å². The Hall–Kier alpha value is -4.78. The Morgan fingerprint density at radius 2 is 1.68 bits per heavy atom. The molecule has 0 N–H and O–H groups in total. The lowest BCUT2D eigenvalue weighted by Crippen LogP contribution is -2.33. The molecule has 1 aliphatic heterocycles. The fourth-order valence-electron chi connectivity index (χ4n) is 5.88. The zero-order valence-corrected chi connectivity index (χ0v) is 21.5. The van der Waals surface area contributed by atoms with Crippen molar-refractivity contribution in [1.82, 2.24) is 4.57 Å². The number of fused-ring (bicyclic) bond motifs is 2. The molecule has 0 fully saturated rings. The summed E-state index contributed by atoms with van der Waals surface area (Å²) in [5, 5.41) is 25.9. The number of nitro benzene ring substituents is 1. The monoisotopic (exact) mass is 503 g/mol. The van der Waals surface area contributed by atoms with Crippen LogP contribution in [-0.2, 0) is 17.3 Å². The quantitative estimate of drug-likeness (QED) is 0.169. The van der Waals surface area contributed by atoms with Gasteiger partial charge in [0.1, 0.15) is 7.05 Å². The normalized spacial score (nSPS) is 17.4. The standard InChI is InChI=1S/C31H25N3O4/c1-31(2)22-16-19(34(37)38)14-15-24(22)32(3)25(31)17-21-29(35)27(30(21)36)26-20-12-8-9-13-23(20)33(4)28(26)18-10-6-5-7-11-18/h5-17H,1-4H3. The minimum Gasteiger partial charge on any atom is -0.871 e. The molecule has 0 unspecified atom stereocenters. The largest absolute Gasteiger partial charge is 0.871 e. The minimum absolute atomic E-state index is 0.00921. The Morgan fingerprint density at radius 1 is 1.00 bits per heavy atom. The first-order chi connectivity index (χ1) is 18.1. The van der Waals surface area contributed by atoms with Crippen LogP contribution in [0.4, 0.5) is 11.4 Å². The van der Waals surface area contributed by atoms with Crippen LogP contribution in [0.2, 0.25) is 0 Å². The van der Waals surface area contributed by atoms with Gasteiger partial charge in [0.05, 0.1) is 16.0 Å². The molecule has 2 aliphatic rings. The Morgan fingerprint density at radius 3 is 2.37 bits per heavy atom. The third-order valence-corrected chi connectivity index (χ3v) is 7.86. The van der Waals surface area contributed by atoms with E-state index in [1.54, 1.807) is 18.2 Å². The highest BCUT2D eigenvalue weighted by Gasteiger charge is 2.45. The highest BCUT2D eigenvalue weighted by Crippen LogP contribution is 2.46. The number of hydrogen-bond donors (Lipinski definition) is 0. The topological polar surface area (TPSA) is 91.2 Å². The Kier molecular flexibility index (Phi) is 5.04. The van der Waals surface area contributed by atoms with Crippen molar-refractivity contribution >= 4 is 39.3 Å². The van der Waals surface area contributed by atoms with Crippen molar-refractivity contribution in [3.8, 4) is 11.3 Å². The summed E-state index contributed by atoms with van der Waals surface area (Å²) in [6.45, 7) is 3.89. The highest BCUT2D eigenvalue weighted by molar-refractivity contribution is 6.42. The summed E-state index contributed by atoms with van der Waals surface area (Å²) in [5.74, 6) is -0.579. The van der Waals surface area contributed by atoms with Crippen molar-refractivity contribution in [2.24, 2.45) is 7.05 Å². The highest BCUT2D eigenvalue weighted by atomic mass is 16.6. The molecule has 1 aromatic heterocycles. The van der Waals surface area contributed by atoms with Crippen LogP contribution in [0, 0.1) is 10.1 Å². The predicted molar refractivity (Wildman–Crippen MR) is 145 cm³/mol. The zero-order valence-electron chi connectivity index (χ0n) is 21.5. The summed E-state index contributed by atoms with van der Waals surface area (Å²) in [4.78, 5) is 24.6. The molecule has 0 saturated carbocycles. The Labute approximate surface area is 219 Å². The van der Waals surface area contributed by atoms with Gasteiger partial charge in [-0.05, 0) is 25.5 Å². The second-order valence-electron chi connectivity index (χ2n) is 10.3.